The summed E-state index contributed by atoms with van der Waals surface area (Å²) >= 11 is 0. The van der Waals surface area contributed by atoms with E-state index in [-0.39, 0.29) is 18.5 Å². The Bertz CT molecular complexity index is 1020. The van der Waals surface area contributed by atoms with E-state index < -0.39 is 0 Å². The van der Waals surface area contributed by atoms with Crippen LogP contribution in [0.3, 0.4) is 0 Å². The van der Waals surface area contributed by atoms with Crippen LogP contribution in [0.5, 0.6) is 0 Å². The van der Waals surface area contributed by atoms with Gasteiger partial charge >= 0.3 is 0 Å². The molecule has 3 heterocycles. The number of aromatic nitrogens is 3. The molecule has 0 spiro atoms. The standard InChI is InChI=1S/C19H23N7O/c1-11(2)25-4-3-14-8-18(24-26(14)10-19(25)27)23-17-6-12-5-13(20)7-16(21)15(12)9-22-17/h5-9,11H,3-4,10,20-21H2,1-2H3,(H,22,23,24). The molecule has 0 saturated carbocycles. The molecule has 8 heteroatoms. The van der Waals surface area contributed by atoms with Crippen molar-refractivity contribution < 1.29 is 4.79 Å². The summed E-state index contributed by atoms with van der Waals surface area (Å²) in [5.74, 6) is 1.41. The quantitative estimate of drug-likeness (QED) is 0.613. The molecule has 0 unspecified atom stereocenters. The van der Waals surface area contributed by atoms with Crippen LogP contribution in [-0.4, -0.2) is 38.2 Å². The van der Waals surface area contributed by atoms with Gasteiger partial charge in [0.1, 0.15) is 12.4 Å². The average molecular weight is 365 g/mol. The fourth-order valence-electron chi connectivity index (χ4n) is 3.49. The molecule has 27 heavy (non-hydrogen) atoms. The van der Waals surface area contributed by atoms with E-state index in [9.17, 15) is 4.79 Å². The van der Waals surface area contributed by atoms with Crippen molar-refractivity contribution in [1.29, 1.82) is 0 Å². The molecular weight excluding hydrogens is 342 g/mol. The summed E-state index contributed by atoms with van der Waals surface area (Å²) in [5.41, 5.74) is 14.1. The molecule has 1 aliphatic rings. The molecule has 0 atom stereocenters. The van der Waals surface area contributed by atoms with Crippen molar-refractivity contribution in [2.24, 2.45) is 0 Å². The van der Waals surface area contributed by atoms with E-state index in [1.165, 1.54) is 0 Å². The maximum absolute atomic E-state index is 12.4. The fourth-order valence-corrected chi connectivity index (χ4v) is 3.49. The molecule has 0 aliphatic carbocycles. The lowest BCUT2D eigenvalue weighted by Gasteiger charge is -2.24. The molecule has 2 aromatic heterocycles. The number of nitrogen functional groups attached to an aromatic ring is 2. The second-order valence-electron chi connectivity index (χ2n) is 7.14. The maximum atomic E-state index is 12.4. The second kappa shape index (κ2) is 6.46. The number of hydrogen-bond donors (Lipinski definition) is 3. The molecule has 1 aromatic carbocycles. The summed E-state index contributed by atoms with van der Waals surface area (Å²) in [6, 6.07) is 7.64. The van der Waals surface area contributed by atoms with Crippen LogP contribution < -0.4 is 16.8 Å². The van der Waals surface area contributed by atoms with E-state index in [4.69, 9.17) is 11.5 Å². The van der Waals surface area contributed by atoms with Gasteiger partial charge < -0.3 is 21.7 Å². The van der Waals surface area contributed by atoms with Crippen molar-refractivity contribution in [2.45, 2.75) is 32.9 Å². The van der Waals surface area contributed by atoms with Gasteiger partial charge in [0.15, 0.2) is 5.82 Å². The minimum absolute atomic E-state index is 0.0909. The van der Waals surface area contributed by atoms with Gasteiger partial charge in [-0.3, -0.25) is 9.48 Å². The van der Waals surface area contributed by atoms with Crippen LogP contribution in [0.2, 0.25) is 0 Å². The Kier molecular flexibility index (Phi) is 4.10. The Morgan fingerprint density at radius 1 is 1.15 bits per heavy atom. The van der Waals surface area contributed by atoms with Gasteiger partial charge in [-0.15, -0.1) is 0 Å². The van der Waals surface area contributed by atoms with Crippen LogP contribution in [0.15, 0.2) is 30.5 Å². The molecule has 1 aliphatic heterocycles. The highest BCUT2D eigenvalue weighted by Crippen LogP contribution is 2.27. The third-order valence-corrected chi connectivity index (χ3v) is 4.85. The van der Waals surface area contributed by atoms with E-state index in [0.29, 0.717) is 29.6 Å². The molecule has 1 amide bonds. The summed E-state index contributed by atoms with van der Waals surface area (Å²) in [6.07, 6.45) is 2.49. The monoisotopic (exact) mass is 365 g/mol. The third-order valence-electron chi connectivity index (χ3n) is 4.85. The van der Waals surface area contributed by atoms with Crippen molar-refractivity contribution in [1.82, 2.24) is 19.7 Å². The molecule has 140 valence electrons. The first kappa shape index (κ1) is 17.1. The number of nitrogens with zero attached hydrogens (tertiary/aromatic N) is 4. The van der Waals surface area contributed by atoms with Crippen LogP contribution in [0, 0.1) is 0 Å². The van der Waals surface area contributed by atoms with E-state index >= 15 is 0 Å². The topological polar surface area (TPSA) is 115 Å². The Morgan fingerprint density at radius 3 is 2.74 bits per heavy atom. The van der Waals surface area contributed by atoms with Crippen molar-refractivity contribution in [3.63, 3.8) is 0 Å². The van der Waals surface area contributed by atoms with Crippen molar-refractivity contribution in [2.75, 3.05) is 23.3 Å². The number of fused-ring (bicyclic) bond motifs is 2. The fraction of sp³-hybridized carbons (Fsp3) is 0.316. The summed E-state index contributed by atoms with van der Waals surface area (Å²) in [6.45, 7) is 5.02. The highest BCUT2D eigenvalue weighted by Gasteiger charge is 2.23. The highest BCUT2D eigenvalue weighted by molar-refractivity contribution is 5.96. The lowest BCUT2D eigenvalue weighted by molar-refractivity contribution is -0.133. The summed E-state index contributed by atoms with van der Waals surface area (Å²) in [5, 5.41) is 9.51. The maximum Gasteiger partial charge on any atom is 0.244 e. The van der Waals surface area contributed by atoms with E-state index in [2.05, 4.69) is 15.4 Å². The van der Waals surface area contributed by atoms with Crippen molar-refractivity contribution >= 4 is 39.7 Å². The Hall–Kier alpha value is -3.29. The first-order valence-electron chi connectivity index (χ1n) is 8.98. The Labute approximate surface area is 157 Å². The van der Waals surface area contributed by atoms with Gasteiger partial charge in [0.2, 0.25) is 5.91 Å². The third kappa shape index (κ3) is 3.25. The van der Waals surface area contributed by atoms with E-state index in [1.807, 2.05) is 36.9 Å². The number of carbonyl (C=O) groups excluding carboxylic acids is 1. The van der Waals surface area contributed by atoms with E-state index in [0.717, 1.165) is 22.9 Å². The number of nitrogens with one attached hydrogen (secondary N) is 1. The number of amides is 1. The molecule has 4 rings (SSSR count). The zero-order valence-electron chi connectivity index (χ0n) is 15.4. The summed E-state index contributed by atoms with van der Waals surface area (Å²) in [7, 11) is 0. The average Bonchev–Trinajstić information content (AvgIpc) is 2.87. The first-order chi connectivity index (χ1) is 12.9. The predicted molar refractivity (Wildman–Crippen MR) is 107 cm³/mol. The van der Waals surface area contributed by atoms with Gasteiger partial charge in [0, 0.05) is 53.7 Å². The molecule has 0 radical (unpaired) electrons. The van der Waals surface area contributed by atoms with Gasteiger partial charge in [-0.1, -0.05) is 0 Å². The van der Waals surface area contributed by atoms with Crippen LogP contribution >= 0.6 is 0 Å². The largest absolute Gasteiger partial charge is 0.399 e. The number of nitrogens with two attached hydrogens (primary N) is 2. The minimum Gasteiger partial charge on any atom is -0.399 e. The number of anilines is 4. The second-order valence-corrected chi connectivity index (χ2v) is 7.14. The molecule has 0 saturated heterocycles. The molecule has 3 aromatic rings. The molecule has 0 bridgehead atoms. The Morgan fingerprint density at radius 2 is 1.96 bits per heavy atom. The molecule has 8 nitrogen and oxygen atoms in total. The van der Waals surface area contributed by atoms with Crippen LogP contribution in [0.1, 0.15) is 19.5 Å². The van der Waals surface area contributed by atoms with Crippen molar-refractivity contribution in [3.05, 3.63) is 36.2 Å². The van der Waals surface area contributed by atoms with Crippen molar-refractivity contribution in [3.8, 4) is 0 Å². The number of pyridine rings is 1. The van der Waals surface area contributed by atoms with Crippen LogP contribution in [0.4, 0.5) is 23.0 Å². The highest BCUT2D eigenvalue weighted by atomic mass is 16.2. The van der Waals surface area contributed by atoms with E-state index in [1.54, 1.807) is 16.9 Å². The minimum atomic E-state index is 0.0909. The summed E-state index contributed by atoms with van der Waals surface area (Å²) in [4.78, 5) is 18.7. The lowest BCUT2D eigenvalue weighted by Crippen LogP contribution is -2.38. The molecule has 0 fully saturated rings. The van der Waals surface area contributed by atoms with Crippen LogP contribution in [-0.2, 0) is 17.8 Å². The summed E-state index contributed by atoms with van der Waals surface area (Å²) < 4.78 is 1.77. The SMILES string of the molecule is CC(C)N1CCc2cc(Nc3cc4cc(N)cc(N)c4cn3)nn2CC1=O. The van der Waals surface area contributed by atoms with Gasteiger partial charge in [0.25, 0.3) is 0 Å². The number of benzene rings is 1. The Balaban J connectivity index is 1.58. The molecular formula is C19H23N7O. The van der Waals surface area contributed by atoms with Gasteiger partial charge in [-0.2, -0.15) is 5.10 Å². The zero-order chi connectivity index (χ0) is 19.1. The number of carbonyl (C=O) groups is 1. The number of rotatable bonds is 3. The number of hydrogen-bond acceptors (Lipinski definition) is 6. The lowest BCUT2D eigenvalue weighted by atomic mass is 10.1. The van der Waals surface area contributed by atoms with Gasteiger partial charge in [-0.25, -0.2) is 4.98 Å². The first-order valence-corrected chi connectivity index (χ1v) is 8.98. The predicted octanol–water partition coefficient (Wildman–Crippen LogP) is 2.13. The van der Waals surface area contributed by atoms with Crippen LogP contribution in [0.25, 0.3) is 10.8 Å². The zero-order valence-corrected chi connectivity index (χ0v) is 15.4. The smallest absolute Gasteiger partial charge is 0.244 e. The van der Waals surface area contributed by atoms with Gasteiger partial charge in [0.05, 0.1) is 0 Å². The molecule has 5 N–H and O–H groups in total. The normalized spacial score (nSPS) is 14.5. The van der Waals surface area contributed by atoms with Gasteiger partial charge in [-0.05, 0) is 37.4 Å².